The summed E-state index contributed by atoms with van der Waals surface area (Å²) in [6.45, 7) is 0.479. The number of hydrogen-bond acceptors (Lipinski definition) is 4. The summed E-state index contributed by atoms with van der Waals surface area (Å²) < 4.78 is 7.22. The predicted octanol–water partition coefficient (Wildman–Crippen LogP) is 2.91. The number of hydrogen-bond donors (Lipinski definition) is 1. The molecule has 27 heavy (non-hydrogen) atoms. The Hall–Kier alpha value is -3.12. The van der Waals surface area contributed by atoms with Gasteiger partial charge >= 0.3 is 0 Å². The Balaban J connectivity index is 1.69. The highest BCUT2D eigenvalue weighted by atomic mass is 16.5. The Morgan fingerprint density at radius 1 is 1.15 bits per heavy atom. The van der Waals surface area contributed by atoms with Crippen LogP contribution in [-0.2, 0) is 0 Å². The van der Waals surface area contributed by atoms with E-state index in [0.29, 0.717) is 12.1 Å². The van der Waals surface area contributed by atoms with E-state index in [1.165, 1.54) is 0 Å². The molecule has 0 fully saturated rings. The van der Waals surface area contributed by atoms with Gasteiger partial charge in [0.1, 0.15) is 5.75 Å². The second-order valence-electron chi connectivity index (χ2n) is 6.43. The molecule has 1 unspecified atom stereocenters. The zero-order valence-corrected chi connectivity index (χ0v) is 15.8. The van der Waals surface area contributed by atoms with Crippen molar-refractivity contribution >= 4 is 5.91 Å². The zero-order valence-electron chi connectivity index (χ0n) is 15.8. The van der Waals surface area contributed by atoms with Crippen molar-refractivity contribution in [3.05, 3.63) is 78.1 Å². The van der Waals surface area contributed by atoms with E-state index >= 15 is 0 Å². The first kappa shape index (κ1) is 18.7. The number of rotatable bonds is 7. The van der Waals surface area contributed by atoms with Crippen molar-refractivity contribution in [3.8, 4) is 11.4 Å². The van der Waals surface area contributed by atoms with Gasteiger partial charge in [0.25, 0.3) is 5.91 Å². The van der Waals surface area contributed by atoms with Gasteiger partial charge in [0.15, 0.2) is 0 Å². The lowest BCUT2D eigenvalue weighted by Crippen LogP contribution is -2.34. The molecule has 1 heterocycles. The number of carbonyl (C=O) groups is 1. The standard InChI is InChI=1S/C21H24N4O2/c1-24(2)19(18-7-4-5-8-20(18)27-3)15-22-21(26)16-9-11-17(12-10-16)25-14-6-13-23-25/h4-14,19H,15H2,1-3H3,(H,22,26). The van der Waals surface area contributed by atoms with E-state index in [-0.39, 0.29) is 11.9 Å². The quantitative estimate of drug-likeness (QED) is 0.700. The van der Waals surface area contributed by atoms with Gasteiger partial charge in [0, 0.05) is 30.1 Å². The monoisotopic (exact) mass is 364 g/mol. The summed E-state index contributed by atoms with van der Waals surface area (Å²) in [6.07, 6.45) is 3.59. The van der Waals surface area contributed by atoms with Gasteiger partial charge in [0.2, 0.25) is 0 Å². The molecule has 3 aromatic rings. The minimum atomic E-state index is -0.108. The van der Waals surface area contributed by atoms with E-state index in [9.17, 15) is 4.79 Å². The topological polar surface area (TPSA) is 59.4 Å². The smallest absolute Gasteiger partial charge is 0.251 e. The number of amides is 1. The van der Waals surface area contributed by atoms with Gasteiger partial charge in [-0.2, -0.15) is 5.10 Å². The number of carbonyl (C=O) groups excluding carboxylic acids is 1. The van der Waals surface area contributed by atoms with Crippen LogP contribution in [0.3, 0.4) is 0 Å². The number of para-hydroxylation sites is 1. The second-order valence-corrected chi connectivity index (χ2v) is 6.43. The summed E-state index contributed by atoms with van der Waals surface area (Å²) in [5.74, 6) is 0.706. The number of methoxy groups -OCH3 is 1. The average Bonchev–Trinajstić information content (AvgIpc) is 3.23. The number of aromatic nitrogens is 2. The lowest BCUT2D eigenvalue weighted by Gasteiger charge is -2.26. The van der Waals surface area contributed by atoms with Crippen LogP contribution in [0.4, 0.5) is 0 Å². The van der Waals surface area contributed by atoms with Crippen LogP contribution in [0, 0.1) is 0 Å². The van der Waals surface area contributed by atoms with Gasteiger partial charge in [-0.15, -0.1) is 0 Å². The van der Waals surface area contributed by atoms with Crippen LogP contribution in [0.25, 0.3) is 5.69 Å². The van der Waals surface area contributed by atoms with Crippen molar-refractivity contribution in [2.45, 2.75) is 6.04 Å². The highest BCUT2D eigenvalue weighted by Gasteiger charge is 2.19. The largest absolute Gasteiger partial charge is 0.496 e. The van der Waals surface area contributed by atoms with Gasteiger partial charge in [-0.25, -0.2) is 4.68 Å². The summed E-state index contributed by atoms with van der Waals surface area (Å²) in [5.41, 5.74) is 2.57. The molecular formula is C21H24N4O2. The molecule has 1 atom stereocenters. The Kier molecular flexibility index (Phi) is 5.88. The number of nitrogens with zero attached hydrogens (tertiary/aromatic N) is 3. The van der Waals surface area contributed by atoms with E-state index in [4.69, 9.17) is 4.74 Å². The predicted molar refractivity (Wildman–Crippen MR) is 105 cm³/mol. The van der Waals surface area contributed by atoms with Crippen LogP contribution < -0.4 is 10.1 Å². The van der Waals surface area contributed by atoms with Gasteiger partial charge in [0.05, 0.1) is 18.8 Å². The first-order valence-corrected chi connectivity index (χ1v) is 8.77. The molecule has 0 saturated carbocycles. The maximum atomic E-state index is 12.6. The SMILES string of the molecule is COc1ccccc1C(CNC(=O)c1ccc(-n2cccn2)cc1)N(C)C. The lowest BCUT2D eigenvalue weighted by atomic mass is 10.0. The number of nitrogens with one attached hydrogen (secondary N) is 1. The highest BCUT2D eigenvalue weighted by molar-refractivity contribution is 5.94. The molecule has 2 aromatic carbocycles. The summed E-state index contributed by atoms with van der Waals surface area (Å²) >= 11 is 0. The molecule has 0 aliphatic rings. The molecule has 3 rings (SSSR count). The third-order valence-corrected chi connectivity index (χ3v) is 4.48. The molecular weight excluding hydrogens is 340 g/mol. The third kappa shape index (κ3) is 4.35. The fourth-order valence-corrected chi connectivity index (χ4v) is 2.99. The number of benzene rings is 2. The molecule has 0 bridgehead atoms. The summed E-state index contributed by atoms with van der Waals surface area (Å²) in [7, 11) is 5.63. The molecule has 1 amide bonds. The highest BCUT2D eigenvalue weighted by Crippen LogP contribution is 2.27. The molecule has 0 aliphatic carbocycles. The lowest BCUT2D eigenvalue weighted by molar-refractivity contribution is 0.0941. The molecule has 0 aliphatic heterocycles. The van der Waals surface area contributed by atoms with E-state index in [1.807, 2.05) is 62.8 Å². The maximum absolute atomic E-state index is 12.6. The first-order chi connectivity index (χ1) is 13.1. The molecule has 6 heteroatoms. The molecule has 0 spiro atoms. The van der Waals surface area contributed by atoms with Crippen molar-refractivity contribution in [2.24, 2.45) is 0 Å². The molecule has 1 aromatic heterocycles. The van der Waals surface area contributed by atoms with Crippen molar-refractivity contribution in [2.75, 3.05) is 27.7 Å². The Morgan fingerprint density at radius 3 is 2.52 bits per heavy atom. The zero-order chi connectivity index (χ0) is 19.2. The van der Waals surface area contributed by atoms with E-state index < -0.39 is 0 Å². The maximum Gasteiger partial charge on any atom is 0.251 e. The van der Waals surface area contributed by atoms with Crippen LogP contribution in [0.5, 0.6) is 5.75 Å². The fourth-order valence-electron chi connectivity index (χ4n) is 2.99. The minimum absolute atomic E-state index is 0.00782. The number of likely N-dealkylation sites (N-methyl/N-ethyl adjacent to an activating group) is 1. The van der Waals surface area contributed by atoms with Crippen molar-refractivity contribution in [1.29, 1.82) is 0 Å². The third-order valence-electron chi connectivity index (χ3n) is 4.48. The van der Waals surface area contributed by atoms with Crippen LogP contribution >= 0.6 is 0 Å². The molecule has 0 radical (unpaired) electrons. The van der Waals surface area contributed by atoms with Crippen LogP contribution in [0.1, 0.15) is 22.0 Å². The van der Waals surface area contributed by atoms with E-state index in [2.05, 4.69) is 15.3 Å². The molecule has 1 N–H and O–H groups in total. The normalized spacial score (nSPS) is 12.0. The van der Waals surface area contributed by atoms with Crippen molar-refractivity contribution in [1.82, 2.24) is 20.0 Å². The van der Waals surface area contributed by atoms with Crippen molar-refractivity contribution < 1.29 is 9.53 Å². The summed E-state index contributed by atoms with van der Waals surface area (Å²) in [4.78, 5) is 14.6. The van der Waals surface area contributed by atoms with Crippen LogP contribution in [0.15, 0.2) is 67.0 Å². The van der Waals surface area contributed by atoms with Gasteiger partial charge in [-0.05, 0) is 50.5 Å². The van der Waals surface area contributed by atoms with E-state index in [1.54, 1.807) is 30.1 Å². The fraction of sp³-hybridized carbons (Fsp3) is 0.238. The Bertz CT molecular complexity index is 873. The molecule has 140 valence electrons. The summed E-state index contributed by atoms with van der Waals surface area (Å²) in [5, 5.41) is 7.21. The van der Waals surface area contributed by atoms with Crippen LogP contribution in [-0.4, -0.2) is 48.3 Å². The first-order valence-electron chi connectivity index (χ1n) is 8.77. The average molecular weight is 364 g/mol. The minimum Gasteiger partial charge on any atom is -0.496 e. The Labute approximate surface area is 159 Å². The summed E-state index contributed by atoms with van der Waals surface area (Å²) in [6, 6.07) is 17.1. The van der Waals surface area contributed by atoms with Crippen molar-refractivity contribution in [3.63, 3.8) is 0 Å². The Morgan fingerprint density at radius 2 is 1.89 bits per heavy atom. The second kappa shape index (κ2) is 8.51. The van der Waals surface area contributed by atoms with Gasteiger partial charge < -0.3 is 15.0 Å². The van der Waals surface area contributed by atoms with Crippen LogP contribution in [0.2, 0.25) is 0 Å². The molecule has 0 saturated heterocycles. The van der Waals surface area contributed by atoms with Gasteiger partial charge in [-0.3, -0.25) is 4.79 Å². The van der Waals surface area contributed by atoms with E-state index in [0.717, 1.165) is 17.0 Å². The molecule has 6 nitrogen and oxygen atoms in total. The van der Waals surface area contributed by atoms with Gasteiger partial charge in [-0.1, -0.05) is 18.2 Å². The number of ether oxygens (including phenoxy) is 1.